The van der Waals surface area contributed by atoms with E-state index >= 15 is 0 Å². The van der Waals surface area contributed by atoms with E-state index in [4.69, 9.17) is 0 Å². The quantitative estimate of drug-likeness (QED) is 0.796. The summed E-state index contributed by atoms with van der Waals surface area (Å²) in [6.45, 7) is 4.03. The Hall–Kier alpha value is -0.290. The van der Waals surface area contributed by atoms with Crippen LogP contribution < -0.4 is 0 Å². The van der Waals surface area contributed by atoms with Crippen molar-refractivity contribution in [2.45, 2.75) is 26.3 Å². The van der Waals surface area contributed by atoms with Crippen LogP contribution in [0.25, 0.3) is 0 Å². The summed E-state index contributed by atoms with van der Waals surface area (Å²) in [4.78, 5) is 0. The van der Waals surface area contributed by atoms with Gasteiger partial charge in [-0.05, 0) is 42.3 Å². The molecule has 1 aliphatic rings. The number of hydrogen-bond donors (Lipinski definition) is 0. The molecule has 0 aromatic carbocycles. The average molecular weight is 292 g/mol. The molecule has 0 bridgehead atoms. The highest BCUT2D eigenvalue weighted by atomic mass is 79.9. The molecule has 0 N–H and O–H groups in total. The zero-order chi connectivity index (χ0) is 11.2. The molecule has 1 fully saturated rings. The molecule has 0 amide bonds. The molecule has 5 heteroatoms. The third-order valence-corrected chi connectivity index (χ3v) is 5.55. The summed E-state index contributed by atoms with van der Waals surface area (Å²) in [5.74, 6) is 0.613. The van der Waals surface area contributed by atoms with E-state index in [1.807, 2.05) is 19.9 Å². The minimum absolute atomic E-state index is 0.126. The van der Waals surface area contributed by atoms with Crippen LogP contribution in [0.4, 0.5) is 0 Å². The van der Waals surface area contributed by atoms with Crippen LogP contribution in [0, 0.1) is 13.8 Å². The van der Waals surface area contributed by atoms with Crippen molar-refractivity contribution in [3.63, 3.8) is 0 Å². The van der Waals surface area contributed by atoms with Crippen LogP contribution in [-0.2, 0) is 9.84 Å². The Labute approximate surface area is 98.5 Å². The first-order valence-electron chi connectivity index (χ1n) is 4.95. The standard InChI is InChI=1S/C10H14BrNO2S/c1-7-5-10(11)8(2)12(7)9-3-4-15(13,14)6-9/h5,9H,3-4,6H2,1-2H3/t9-/m1/s1. The zero-order valence-corrected chi connectivity index (χ0v) is 11.2. The fourth-order valence-electron chi connectivity index (χ4n) is 2.28. The highest BCUT2D eigenvalue weighted by Gasteiger charge is 2.30. The van der Waals surface area contributed by atoms with Gasteiger partial charge in [-0.2, -0.15) is 0 Å². The van der Waals surface area contributed by atoms with Crippen LogP contribution in [0.5, 0.6) is 0 Å². The molecule has 0 saturated carbocycles. The number of nitrogens with zero attached hydrogens (tertiary/aromatic N) is 1. The highest BCUT2D eigenvalue weighted by Crippen LogP contribution is 2.30. The van der Waals surface area contributed by atoms with Gasteiger partial charge in [0.1, 0.15) is 0 Å². The lowest BCUT2D eigenvalue weighted by atomic mass is 10.2. The lowest BCUT2D eigenvalue weighted by molar-refractivity contribution is 0.535. The van der Waals surface area contributed by atoms with Crippen molar-refractivity contribution in [1.82, 2.24) is 4.57 Å². The summed E-state index contributed by atoms with van der Waals surface area (Å²) in [6, 6.07) is 2.17. The smallest absolute Gasteiger partial charge is 0.152 e. The Morgan fingerprint density at radius 2 is 2.13 bits per heavy atom. The van der Waals surface area contributed by atoms with Gasteiger partial charge in [0.2, 0.25) is 0 Å². The number of aromatic nitrogens is 1. The number of rotatable bonds is 1. The molecule has 0 radical (unpaired) electrons. The minimum Gasteiger partial charge on any atom is -0.344 e. The van der Waals surface area contributed by atoms with Gasteiger partial charge in [-0.3, -0.25) is 0 Å². The van der Waals surface area contributed by atoms with E-state index in [0.29, 0.717) is 5.75 Å². The van der Waals surface area contributed by atoms with Gasteiger partial charge in [0.25, 0.3) is 0 Å². The average Bonchev–Trinajstić information content (AvgIpc) is 2.56. The summed E-state index contributed by atoms with van der Waals surface area (Å²) in [5.41, 5.74) is 2.25. The molecular weight excluding hydrogens is 278 g/mol. The van der Waals surface area contributed by atoms with Gasteiger partial charge < -0.3 is 4.57 Å². The maximum Gasteiger partial charge on any atom is 0.152 e. The third kappa shape index (κ3) is 1.99. The van der Waals surface area contributed by atoms with Crippen molar-refractivity contribution in [1.29, 1.82) is 0 Å². The maximum atomic E-state index is 11.4. The van der Waals surface area contributed by atoms with Gasteiger partial charge in [0, 0.05) is 21.9 Å². The first-order chi connectivity index (χ1) is 6.91. The molecule has 1 atom stereocenters. The molecule has 1 aliphatic heterocycles. The van der Waals surface area contributed by atoms with Crippen molar-refractivity contribution in [2.24, 2.45) is 0 Å². The Morgan fingerprint density at radius 3 is 2.53 bits per heavy atom. The van der Waals surface area contributed by atoms with Gasteiger partial charge in [-0.1, -0.05) is 0 Å². The Morgan fingerprint density at radius 1 is 1.47 bits per heavy atom. The van der Waals surface area contributed by atoms with Crippen molar-refractivity contribution in [3.8, 4) is 0 Å². The molecule has 0 unspecified atom stereocenters. The maximum absolute atomic E-state index is 11.4. The predicted molar refractivity (Wildman–Crippen MR) is 63.9 cm³/mol. The number of sulfone groups is 1. The van der Waals surface area contributed by atoms with Gasteiger partial charge in [-0.15, -0.1) is 0 Å². The first kappa shape index (κ1) is 11.2. The second-order valence-electron chi connectivity index (χ2n) is 4.15. The van der Waals surface area contributed by atoms with Crippen LogP contribution in [0.2, 0.25) is 0 Å². The summed E-state index contributed by atoms with van der Waals surface area (Å²) in [5, 5.41) is 0. The number of aryl methyl sites for hydroxylation is 1. The Bertz CT molecular complexity index is 490. The molecule has 1 aromatic heterocycles. The van der Waals surface area contributed by atoms with Gasteiger partial charge in [0.15, 0.2) is 9.84 Å². The van der Waals surface area contributed by atoms with Crippen LogP contribution in [0.1, 0.15) is 23.9 Å². The summed E-state index contributed by atoms with van der Waals surface area (Å²) < 4.78 is 26.0. The van der Waals surface area contributed by atoms with Gasteiger partial charge in [0.05, 0.1) is 11.5 Å². The second-order valence-corrected chi connectivity index (χ2v) is 7.23. The van der Waals surface area contributed by atoms with Crippen LogP contribution in [0.3, 0.4) is 0 Å². The normalized spacial score (nSPS) is 24.6. The molecule has 2 rings (SSSR count). The van der Waals surface area contributed by atoms with Crippen LogP contribution in [-0.4, -0.2) is 24.5 Å². The second kappa shape index (κ2) is 3.63. The van der Waals surface area contributed by atoms with E-state index in [2.05, 4.69) is 20.5 Å². The lowest BCUT2D eigenvalue weighted by Crippen LogP contribution is -2.13. The lowest BCUT2D eigenvalue weighted by Gasteiger charge is -2.15. The van der Waals surface area contributed by atoms with Gasteiger partial charge in [-0.25, -0.2) is 8.42 Å². The van der Waals surface area contributed by atoms with Crippen LogP contribution >= 0.6 is 15.9 Å². The predicted octanol–water partition coefficient (Wildman–Crippen LogP) is 2.23. The summed E-state index contributed by atoms with van der Waals surface area (Å²) in [6.07, 6.45) is 0.741. The summed E-state index contributed by atoms with van der Waals surface area (Å²) >= 11 is 3.47. The fraction of sp³-hybridized carbons (Fsp3) is 0.600. The topological polar surface area (TPSA) is 39.1 Å². The SMILES string of the molecule is Cc1cc(Br)c(C)n1[C@@H]1CCS(=O)(=O)C1. The van der Waals surface area contributed by atoms with Crippen molar-refractivity contribution in [2.75, 3.05) is 11.5 Å². The molecule has 3 nitrogen and oxygen atoms in total. The van der Waals surface area contributed by atoms with E-state index in [1.54, 1.807) is 0 Å². The third-order valence-electron chi connectivity index (χ3n) is 3.00. The molecule has 1 saturated heterocycles. The highest BCUT2D eigenvalue weighted by molar-refractivity contribution is 9.10. The molecular formula is C10H14BrNO2S. The van der Waals surface area contributed by atoms with E-state index in [-0.39, 0.29) is 11.8 Å². The number of halogens is 1. The molecule has 2 heterocycles. The number of hydrogen-bond acceptors (Lipinski definition) is 2. The van der Waals surface area contributed by atoms with E-state index in [9.17, 15) is 8.42 Å². The van der Waals surface area contributed by atoms with Crippen molar-refractivity contribution < 1.29 is 8.42 Å². The van der Waals surface area contributed by atoms with E-state index < -0.39 is 9.84 Å². The Kier molecular flexibility index (Phi) is 2.71. The molecule has 0 aliphatic carbocycles. The fourth-order valence-corrected chi connectivity index (χ4v) is 4.50. The first-order valence-corrected chi connectivity index (χ1v) is 7.56. The zero-order valence-electron chi connectivity index (χ0n) is 8.83. The minimum atomic E-state index is -2.80. The van der Waals surface area contributed by atoms with Crippen molar-refractivity contribution >= 4 is 25.8 Å². The summed E-state index contributed by atoms with van der Waals surface area (Å²) in [7, 11) is -2.80. The largest absolute Gasteiger partial charge is 0.344 e. The molecule has 84 valence electrons. The van der Waals surface area contributed by atoms with E-state index in [1.165, 1.54) is 0 Å². The van der Waals surface area contributed by atoms with Crippen LogP contribution in [0.15, 0.2) is 10.5 Å². The molecule has 15 heavy (non-hydrogen) atoms. The van der Waals surface area contributed by atoms with E-state index in [0.717, 1.165) is 22.3 Å². The molecule has 1 aromatic rings. The van der Waals surface area contributed by atoms with Crippen molar-refractivity contribution in [3.05, 3.63) is 21.9 Å². The molecule has 0 spiro atoms. The van der Waals surface area contributed by atoms with Gasteiger partial charge >= 0.3 is 0 Å². The monoisotopic (exact) mass is 291 g/mol. The Balaban J connectivity index is 2.39.